The Morgan fingerprint density at radius 3 is 2.50 bits per heavy atom. The number of nitrogens with zero attached hydrogens (tertiary/aromatic N) is 3. The molecule has 3 atom stereocenters. The maximum atomic E-state index is 11.2. The molecule has 9 heteroatoms. The van der Waals surface area contributed by atoms with Crippen LogP contribution in [0.4, 0.5) is 5.82 Å². The predicted octanol–water partition coefficient (Wildman–Crippen LogP) is 6.36. The molecule has 7 nitrogen and oxygen atoms in total. The van der Waals surface area contributed by atoms with E-state index < -0.39 is 5.97 Å². The van der Waals surface area contributed by atoms with Crippen LogP contribution in [0.5, 0.6) is 0 Å². The van der Waals surface area contributed by atoms with Crippen molar-refractivity contribution in [1.82, 2.24) is 10.1 Å². The topological polar surface area (TPSA) is 88.7 Å². The Kier molecular flexibility index (Phi) is 6.18. The first kappa shape index (κ1) is 23.8. The zero-order valence-electron chi connectivity index (χ0n) is 19.9. The monoisotopic (exact) mass is 527 g/mol. The van der Waals surface area contributed by atoms with Gasteiger partial charge in [0, 0.05) is 36.3 Å². The minimum absolute atomic E-state index is 0.169. The number of rotatable bonds is 7. The standard InChI is InChI=1S/C27H27Cl2N3O4/c1-14-7-16(27(33)34)10-30-26(14)32-11-17-8-19(9-18(17)12-32)35-13-20-24(31-36-25(20)15-5-6-15)23-21(28)3-2-4-22(23)29/h2-4,7,10,15,17-19H,5-6,8-9,11-13H2,1H3,(H,33,34)/t17-,18+,19+. The van der Waals surface area contributed by atoms with Crippen LogP contribution in [0.2, 0.25) is 10.0 Å². The van der Waals surface area contributed by atoms with Crippen LogP contribution in [-0.2, 0) is 11.3 Å². The van der Waals surface area contributed by atoms with Gasteiger partial charge < -0.3 is 19.3 Å². The van der Waals surface area contributed by atoms with E-state index in [9.17, 15) is 9.90 Å². The number of halogens is 2. The molecule has 3 aromatic rings. The lowest BCUT2D eigenvalue weighted by atomic mass is 10.0. The molecule has 3 aliphatic rings. The summed E-state index contributed by atoms with van der Waals surface area (Å²) in [5, 5.41) is 14.7. The van der Waals surface area contributed by atoms with E-state index in [4.69, 9.17) is 32.5 Å². The number of carboxylic acids is 1. The molecule has 3 heterocycles. The van der Waals surface area contributed by atoms with Gasteiger partial charge in [0.2, 0.25) is 0 Å². The second kappa shape index (κ2) is 9.36. The van der Waals surface area contributed by atoms with Gasteiger partial charge in [0.1, 0.15) is 17.3 Å². The number of aromatic nitrogens is 2. The number of aryl methyl sites for hydroxylation is 1. The summed E-state index contributed by atoms with van der Waals surface area (Å²) in [6.07, 6.45) is 5.79. The normalized spacial score (nSPS) is 23.3. The summed E-state index contributed by atoms with van der Waals surface area (Å²) in [6.45, 7) is 4.17. The molecule has 1 N–H and O–H groups in total. The summed E-state index contributed by atoms with van der Waals surface area (Å²) in [4.78, 5) is 18.0. The first-order chi connectivity index (χ1) is 17.4. The Morgan fingerprint density at radius 1 is 1.19 bits per heavy atom. The van der Waals surface area contributed by atoms with Gasteiger partial charge >= 0.3 is 5.97 Å². The average molecular weight is 528 g/mol. The molecule has 3 fully saturated rings. The van der Waals surface area contributed by atoms with Gasteiger partial charge in [-0.2, -0.15) is 0 Å². The molecule has 2 aromatic heterocycles. The van der Waals surface area contributed by atoms with Gasteiger partial charge in [-0.05, 0) is 68.2 Å². The zero-order chi connectivity index (χ0) is 25.0. The number of pyridine rings is 1. The number of hydrogen-bond donors (Lipinski definition) is 1. The number of fused-ring (bicyclic) bond motifs is 1. The number of carbonyl (C=O) groups is 1. The van der Waals surface area contributed by atoms with Crippen LogP contribution in [0.1, 0.15) is 58.8 Å². The fourth-order valence-electron chi connectivity index (χ4n) is 5.82. The molecule has 2 saturated carbocycles. The van der Waals surface area contributed by atoms with Crippen LogP contribution in [0.25, 0.3) is 11.3 Å². The van der Waals surface area contributed by atoms with Gasteiger partial charge in [0.15, 0.2) is 0 Å². The van der Waals surface area contributed by atoms with Gasteiger partial charge in [0.05, 0.1) is 28.3 Å². The van der Waals surface area contributed by atoms with Gasteiger partial charge in [0.25, 0.3) is 0 Å². The minimum atomic E-state index is -0.951. The fourth-order valence-corrected chi connectivity index (χ4v) is 6.39. The van der Waals surface area contributed by atoms with Crippen LogP contribution in [-0.4, -0.2) is 40.4 Å². The molecular formula is C27H27Cl2N3O4. The molecular weight excluding hydrogens is 501 g/mol. The smallest absolute Gasteiger partial charge is 0.337 e. The third kappa shape index (κ3) is 4.38. The quantitative estimate of drug-likeness (QED) is 0.382. The summed E-state index contributed by atoms with van der Waals surface area (Å²) in [5.74, 6) is 2.28. The largest absolute Gasteiger partial charge is 0.478 e. The lowest BCUT2D eigenvalue weighted by Crippen LogP contribution is -2.25. The van der Waals surface area contributed by atoms with Crippen molar-refractivity contribution < 1.29 is 19.2 Å². The molecule has 1 saturated heterocycles. The third-order valence-corrected chi connectivity index (χ3v) is 8.36. The second-order valence-electron chi connectivity index (χ2n) is 10.2. The number of benzene rings is 1. The van der Waals surface area contributed by atoms with E-state index >= 15 is 0 Å². The van der Waals surface area contributed by atoms with E-state index in [-0.39, 0.29) is 11.7 Å². The lowest BCUT2D eigenvalue weighted by molar-refractivity contribution is 0.0402. The van der Waals surface area contributed by atoms with Crippen molar-refractivity contribution in [1.29, 1.82) is 0 Å². The first-order valence-electron chi connectivity index (χ1n) is 12.4. The fraction of sp³-hybridized carbons (Fsp3) is 0.444. The molecule has 0 spiro atoms. The number of ether oxygens (including phenoxy) is 1. The molecule has 0 radical (unpaired) electrons. The maximum Gasteiger partial charge on any atom is 0.337 e. The van der Waals surface area contributed by atoms with E-state index in [0.29, 0.717) is 45.7 Å². The highest BCUT2D eigenvalue weighted by atomic mass is 35.5. The summed E-state index contributed by atoms with van der Waals surface area (Å²) >= 11 is 13.0. The van der Waals surface area contributed by atoms with Crippen molar-refractivity contribution >= 4 is 35.0 Å². The van der Waals surface area contributed by atoms with Gasteiger partial charge in [-0.15, -0.1) is 0 Å². The highest BCUT2D eigenvalue weighted by Crippen LogP contribution is 2.47. The SMILES string of the molecule is Cc1cc(C(=O)O)cnc1N1C[C@H]2C[C@H](OCc3c(-c4c(Cl)cccc4Cl)noc3C3CC3)C[C@H]2C1. The molecule has 188 valence electrons. The second-order valence-corrected chi connectivity index (χ2v) is 11.1. The van der Waals surface area contributed by atoms with Crippen molar-refractivity contribution in [2.24, 2.45) is 11.8 Å². The summed E-state index contributed by atoms with van der Waals surface area (Å²) in [5.41, 5.74) is 3.47. The third-order valence-electron chi connectivity index (χ3n) is 7.73. The van der Waals surface area contributed by atoms with Crippen LogP contribution >= 0.6 is 23.2 Å². The van der Waals surface area contributed by atoms with Gasteiger partial charge in [-0.1, -0.05) is 34.4 Å². The molecule has 0 bridgehead atoms. The number of carboxylic acid groups (broad SMARTS) is 1. The summed E-state index contributed by atoms with van der Waals surface area (Å²) < 4.78 is 12.2. The summed E-state index contributed by atoms with van der Waals surface area (Å²) in [6, 6.07) is 7.15. The summed E-state index contributed by atoms with van der Waals surface area (Å²) in [7, 11) is 0. The van der Waals surface area contributed by atoms with Crippen molar-refractivity contribution in [3.05, 3.63) is 63.0 Å². The Labute approximate surface area is 219 Å². The highest BCUT2D eigenvalue weighted by Gasteiger charge is 2.42. The Morgan fingerprint density at radius 2 is 1.89 bits per heavy atom. The Hall–Kier alpha value is -2.61. The van der Waals surface area contributed by atoms with Gasteiger partial charge in [-0.3, -0.25) is 0 Å². The van der Waals surface area contributed by atoms with Crippen LogP contribution in [0.15, 0.2) is 35.0 Å². The molecule has 0 unspecified atom stereocenters. The van der Waals surface area contributed by atoms with E-state index in [1.54, 1.807) is 6.07 Å². The zero-order valence-corrected chi connectivity index (χ0v) is 21.4. The van der Waals surface area contributed by atoms with Crippen LogP contribution in [0, 0.1) is 18.8 Å². The molecule has 0 amide bonds. The Balaban J connectivity index is 1.13. The minimum Gasteiger partial charge on any atom is -0.478 e. The predicted molar refractivity (Wildman–Crippen MR) is 137 cm³/mol. The van der Waals surface area contributed by atoms with Crippen molar-refractivity contribution in [3.8, 4) is 11.3 Å². The van der Waals surface area contributed by atoms with E-state index in [1.807, 2.05) is 25.1 Å². The maximum absolute atomic E-state index is 11.2. The number of anilines is 1. The number of hydrogen-bond acceptors (Lipinski definition) is 6. The molecule has 1 aromatic carbocycles. The highest BCUT2D eigenvalue weighted by molar-refractivity contribution is 6.39. The van der Waals surface area contributed by atoms with E-state index in [0.717, 1.165) is 61.5 Å². The lowest BCUT2D eigenvalue weighted by Gasteiger charge is -2.22. The van der Waals surface area contributed by atoms with Crippen LogP contribution < -0.4 is 4.90 Å². The van der Waals surface area contributed by atoms with Gasteiger partial charge in [-0.25, -0.2) is 9.78 Å². The molecule has 1 aliphatic heterocycles. The van der Waals surface area contributed by atoms with Crippen molar-refractivity contribution in [3.63, 3.8) is 0 Å². The van der Waals surface area contributed by atoms with Crippen molar-refractivity contribution in [2.45, 2.75) is 51.2 Å². The number of aromatic carboxylic acids is 1. The Bertz CT molecular complexity index is 1290. The molecule has 36 heavy (non-hydrogen) atoms. The average Bonchev–Trinajstić information content (AvgIpc) is 3.31. The van der Waals surface area contributed by atoms with E-state index in [2.05, 4.69) is 15.0 Å². The van der Waals surface area contributed by atoms with E-state index in [1.165, 1.54) is 6.20 Å². The molecule has 2 aliphatic carbocycles. The molecule has 6 rings (SSSR count). The van der Waals surface area contributed by atoms with Crippen molar-refractivity contribution in [2.75, 3.05) is 18.0 Å². The first-order valence-corrected chi connectivity index (χ1v) is 13.1. The van der Waals surface area contributed by atoms with Crippen LogP contribution in [0.3, 0.4) is 0 Å².